The van der Waals surface area contributed by atoms with E-state index in [-0.39, 0.29) is 23.1 Å². The molecule has 1 aliphatic rings. The summed E-state index contributed by atoms with van der Waals surface area (Å²) in [5.74, 6) is -0.970. The van der Waals surface area contributed by atoms with Crippen LogP contribution in [0, 0.1) is 12.8 Å². The Morgan fingerprint density at radius 1 is 1.29 bits per heavy atom. The van der Waals surface area contributed by atoms with E-state index in [0.717, 1.165) is 5.56 Å². The van der Waals surface area contributed by atoms with E-state index >= 15 is 0 Å². The van der Waals surface area contributed by atoms with E-state index in [9.17, 15) is 14.7 Å². The summed E-state index contributed by atoms with van der Waals surface area (Å²) >= 11 is 6.13. The quantitative estimate of drug-likeness (QED) is 0.630. The van der Waals surface area contributed by atoms with Crippen molar-refractivity contribution in [2.45, 2.75) is 13.0 Å². The number of carbonyl (C=O) groups is 2. The van der Waals surface area contributed by atoms with Gasteiger partial charge in [0.25, 0.3) is 0 Å². The second-order valence-electron chi connectivity index (χ2n) is 6.46. The average molecular weight is 402 g/mol. The minimum atomic E-state index is -0.799. The molecule has 3 amide bonds. The van der Waals surface area contributed by atoms with Crippen LogP contribution in [0.25, 0.3) is 0 Å². The number of hydrogen-bond donors (Lipinski definition) is 4. The normalized spacial score (nSPS) is 18.8. The molecule has 0 spiro atoms. The van der Waals surface area contributed by atoms with Crippen molar-refractivity contribution in [3.63, 3.8) is 0 Å². The number of urea groups is 1. The number of anilines is 1. The summed E-state index contributed by atoms with van der Waals surface area (Å²) < 4.78 is 5.13. The molecular weight excluding hydrogens is 382 g/mol. The van der Waals surface area contributed by atoms with Gasteiger partial charge < -0.3 is 25.8 Å². The molecule has 3 rings (SSSR count). The Morgan fingerprint density at radius 3 is 2.71 bits per heavy atom. The van der Waals surface area contributed by atoms with E-state index in [1.165, 1.54) is 13.2 Å². The Kier molecular flexibility index (Phi) is 5.46. The van der Waals surface area contributed by atoms with Crippen LogP contribution >= 0.6 is 11.6 Å². The molecule has 0 saturated carbocycles. The molecular formula is C20H20ClN3O4. The van der Waals surface area contributed by atoms with Crippen molar-refractivity contribution in [1.82, 2.24) is 10.6 Å². The van der Waals surface area contributed by atoms with E-state index < -0.39 is 18.0 Å². The first-order chi connectivity index (χ1) is 13.3. The second kappa shape index (κ2) is 7.82. The van der Waals surface area contributed by atoms with Crippen LogP contribution < -0.4 is 20.7 Å². The topological polar surface area (TPSA) is 99.7 Å². The van der Waals surface area contributed by atoms with Crippen molar-refractivity contribution in [3.05, 3.63) is 64.8 Å². The van der Waals surface area contributed by atoms with Gasteiger partial charge in [0.2, 0.25) is 5.91 Å². The predicted molar refractivity (Wildman–Crippen MR) is 107 cm³/mol. The van der Waals surface area contributed by atoms with Gasteiger partial charge in [0, 0.05) is 16.4 Å². The van der Waals surface area contributed by atoms with Gasteiger partial charge in [0.1, 0.15) is 5.92 Å². The van der Waals surface area contributed by atoms with E-state index in [1.54, 1.807) is 30.3 Å². The third-order valence-electron chi connectivity index (χ3n) is 4.55. The Balaban J connectivity index is 1.92. The molecule has 1 aliphatic heterocycles. The molecule has 146 valence electrons. The minimum Gasteiger partial charge on any atom is -0.504 e. The zero-order valence-corrected chi connectivity index (χ0v) is 16.1. The Morgan fingerprint density at radius 2 is 2.04 bits per heavy atom. The van der Waals surface area contributed by atoms with Crippen molar-refractivity contribution < 1.29 is 19.4 Å². The molecule has 7 nitrogen and oxygen atoms in total. The van der Waals surface area contributed by atoms with Gasteiger partial charge in [-0.1, -0.05) is 30.3 Å². The molecule has 0 unspecified atom stereocenters. The lowest BCUT2D eigenvalue weighted by atomic mass is 9.88. The average Bonchev–Trinajstić information content (AvgIpc) is 2.64. The number of amides is 3. The summed E-state index contributed by atoms with van der Waals surface area (Å²) in [6.07, 6.45) is 0. The molecule has 2 atom stereocenters. The highest BCUT2D eigenvalue weighted by Crippen LogP contribution is 2.35. The molecule has 1 heterocycles. The number of carbonyl (C=O) groups excluding carboxylic acids is 2. The molecule has 1 fully saturated rings. The number of rotatable bonds is 4. The third-order valence-corrected chi connectivity index (χ3v) is 4.96. The monoisotopic (exact) mass is 401 g/mol. The van der Waals surface area contributed by atoms with Crippen molar-refractivity contribution in [2.75, 3.05) is 12.4 Å². The van der Waals surface area contributed by atoms with E-state index in [4.69, 9.17) is 16.3 Å². The number of aromatic hydroxyl groups is 1. The van der Waals surface area contributed by atoms with Gasteiger partial charge >= 0.3 is 6.03 Å². The number of benzene rings is 2. The van der Waals surface area contributed by atoms with Crippen molar-refractivity contribution >= 4 is 29.2 Å². The van der Waals surface area contributed by atoms with E-state index in [2.05, 4.69) is 22.5 Å². The molecule has 8 heteroatoms. The number of methoxy groups -OCH3 is 1. The lowest BCUT2D eigenvalue weighted by Crippen LogP contribution is -2.51. The number of phenols is 1. The van der Waals surface area contributed by atoms with Crippen LogP contribution in [-0.4, -0.2) is 24.2 Å². The molecule has 0 bridgehead atoms. The lowest BCUT2D eigenvalue weighted by Gasteiger charge is -2.34. The first-order valence-corrected chi connectivity index (χ1v) is 8.88. The first kappa shape index (κ1) is 19.6. The first-order valence-electron chi connectivity index (χ1n) is 8.50. The van der Waals surface area contributed by atoms with Gasteiger partial charge in [-0.2, -0.15) is 0 Å². The van der Waals surface area contributed by atoms with Crippen LogP contribution in [0.4, 0.5) is 10.5 Å². The fraction of sp³-hybridized carbons (Fsp3) is 0.200. The van der Waals surface area contributed by atoms with Crippen LogP contribution in [0.2, 0.25) is 5.02 Å². The summed E-state index contributed by atoms with van der Waals surface area (Å²) in [6, 6.07) is 8.67. The number of ether oxygens (including phenoxy) is 1. The van der Waals surface area contributed by atoms with Gasteiger partial charge in [-0.3, -0.25) is 4.79 Å². The molecule has 1 saturated heterocycles. The Hall–Kier alpha value is -3.19. The SMILES string of the molecule is C=C1NC(=O)N[C@@H](c2ccc(O)c(OC)c2)[C@H]1C(=O)Nc1ccc(C)c(Cl)c1. The zero-order valence-electron chi connectivity index (χ0n) is 15.4. The number of phenolic OH excluding ortho intramolecular Hbond substituents is 1. The third kappa shape index (κ3) is 3.89. The molecule has 4 N–H and O–H groups in total. The molecule has 2 aromatic rings. The maximum absolute atomic E-state index is 13.0. The van der Waals surface area contributed by atoms with Crippen molar-refractivity contribution in [1.29, 1.82) is 0 Å². The van der Waals surface area contributed by atoms with Crippen LogP contribution in [0.3, 0.4) is 0 Å². The summed E-state index contributed by atoms with van der Waals surface area (Å²) in [5.41, 5.74) is 2.28. The molecule has 0 aliphatic carbocycles. The van der Waals surface area contributed by atoms with Crippen molar-refractivity contribution in [3.8, 4) is 11.5 Å². The summed E-state index contributed by atoms with van der Waals surface area (Å²) in [5, 5.41) is 18.4. The smallest absolute Gasteiger partial charge is 0.319 e. The summed E-state index contributed by atoms with van der Waals surface area (Å²) in [7, 11) is 1.42. The Bertz CT molecular complexity index is 960. The van der Waals surface area contributed by atoms with Crippen LogP contribution in [-0.2, 0) is 4.79 Å². The number of aryl methyl sites for hydroxylation is 1. The summed E-state index contributed by atoms with van der Waals surface area (Å²) in [4.78, 5) is 25.0. The second-order valence-corrected chi connectivity index (χ2v) is 6.87. The minimum absolute atomic E-state index is 0.0411. The number of nitrogens with one attached hydrogen (secondary N) is 3. The van der Waals surface area contributed by atoms with Crippen molar-refractivity contribution in [2.24, 2.45) is 5.92 Å². The highest BCUT2D eigenvalue weighted by Gasteiger charge is 2.38. The van der Waals surface area contributed by atoms with Gasteiger partial charge in [-0.05, 0) is 42.3 Å². The highest BCUT2D eigenvalue weighted by molar-refractivity contribution is 6.31. The lowest BCUT2D eigenvalue weighted by molar-refractivity contribution is -0.119. The number of hydrogen-bond acceptors (Lipinski definition) is 4. The van der Waals surface area contributed by atoms with Gasteiger partial charge in [0.15, 0.2) is 11.5 Å². The predicted octanol–water partition coefficient (Wildman–Crippen LogP) is 3.49. The largest absolute Gasteiger partial charge is 0.504 e. The molecule has 0 aromatic heterocycles. The van der Waals surface area contributed by atoms with Crippen LogP contribution in [0.1, 0.15) is 17.2 Å². The van der Waals surface area contributed by atoms with Gasteiger partial charge in [0.05, 0.1) is 13.2 Å². The standard InChI is InChI=1S/C20H20ClN3O4/c1-10-4-6-13(9-14(10)21)23-19(26)17-11(2)22-20(27)24-18(17)12-5-7-15(25)16(8-12)28-3/h4-9,17-18,25H,2H2,1,3H3,(H,23,26)(H2,22,24,27)/t17-,18-/m0/s1. The van der Waals surface area contributed by atoms with Gasteiger partial charge in [-0.25, -0.2) is 4.79 Å². The molecule has 2 aromatic carbocycles. The fourth-order valence-electron chi connectivity index (χ4n) is 3.05. The summed E-state index contributed by atoms with van der Waals surface area (Å²) in [6.45, 7) is 5.70. The Labute approximate surface area is 167 Å². The fourth-order valence-corrected chi connectivity index (χ4v) is 3.23. The van der Waals surface area contributed by atoms with Gasteiger partial charge in [-0.15, -0.1) is 0 Å². The number of halogens is 1. The highest BCUT2D eigenvalue weighted by atomic mass is 35.5. The van der Waals surface area contributed by atoms with Crippen LogP contribution in [0.15, 0.2) is 48.7 Å². The zero-order chi connectivity index (χ0) is 20.4. The molecule has 0 radical (unpaired) electrons. The van der Waals surface area contributed by atoms with E-state index in [0.29, 0.717) is 16.3 Å². The maximum Gasteiger partial charge on any atom is 0.319 e. The molecule has 28 heavy (non-hydrogen) atoms. The van der Waals surface area contributed by atoms with E-state index in [1.807, 2.05) is 6.92 Å². The van der Waals surface area contributed by atoms with Crippen LogP contribution in [0.5, 0.6) is 11.5 Å². The maximum atomic E-state index is 13.0.